The summed E-state index contributed by atoms with van der Waals surface area (Å²) in [6, 6.07) is 0. The number of hydrogen-bond acceptors (Lipinski definition) is 5. The third-order valence-corrected chi connectivity index (χ3v) is 3.12. The van der Waals surface area contributed by atoms with Crippen LogP contribution < -0.4 is 5.56 Å². The summed E-state index contributed by atoms with van der Waals surface area (Å²) in [5.74, 6) is 0.457. The van der Waals surface area contributed by atoms with Gasteiger partial charge in [0.25, 0.3) is 5.56 Å². The number of rotatable bonds is 2. The Kier molecular flexibility index (Phi) is 2.80. The molecule has 0 saturated heterocycles. The average molecular weight is 318 g/mol. The standard InChI is InChI=1S/C8H7IN4O2/c1-5-7(9)8(14)13(3-10-5)2-6-11-4-15-12-6/h3-4H,2H2,1H3. The second-order valence-electron chi connectivity index (χ2n) is 2.92. The van der Waals surface area contributed by atoms with E-state index in [1.165, 1.54) is 17.3 Å². The quantitative estimate of drug-likeness (QED) is 0.758. The summed E-state index contributed by atoms with van der Waals surface area (Å²) in [7, 11) is 0. The maximum atomic E-state index is 11.7. The topological polar surface area (TPSA) is 73.8 Å². The van der Waals surface area contributed by atoms with Crippen molar-refractivity contribution in [2.24, 2.45) is 0 Å². The molecule has 15 heavy (non-hydrogen) atoms. The van der Waals surface area contributed by atoms with Gasteiger partial charge in [-0.1, -0.05) is 5.16 Å². The Morgan fingerprint density at radius 3 is 3.00 bits per heavy atom. The highest BCUT2D eigenvalue weighted by Gasteiger charge is 2.07. The second-order valence-corrected chi connectivity index (χ2v) is 4.00. The highest BCUT2D eigenvalue weighted by atomic mass is 127. The zero-order valence-corrected chi connectivity index (χ0v) is 10.0. The van der Waals surface area contributed by atoms with Crippen LogP contribution in [0.2, 0.25) is 0 Å². The first-order chi connectivity index (χ1) is 7.18. The molecule has 0 unspecified atom stereocenters. The van der Waals surface area contributed by atoms with Gasteiger partial charge in [-0.3, -0.25) is 9.36 Å². The summed E-state index contributed by atoms with van der Waals surface area (Å²) >= 11 is 1.98. The molecule has 2 rings (SSSR count). The predicted octanol–water partition coefficient (Wildman–Crippen LogP) is 0.588. The third-order valence-electron chi connectivity index (χ3n) is 1.88. The van der Waals surface area contributed by atoms with Crippen molar-refractivity contribution in [2.45, 2.75) is 13.5 Å². The molecular weight excluding hydrogens is 311 g/mol. The first-order valence-electron chi connectivity index (χ1n) is 4.15. The van der Waals surface area contributed by atoms with Crippen LogP contribution in [0.25, 0.3) is 0 Å². The Bertz CT molecular complexity index is 520. The van der Waals surface area contributed by atoms with Crippen LogP contribution >= 0.6 is 22.6 Å². The number of halogens is 1. The minimum atomic E-state index is -0.0899. The molecule has 78 valence electrons. The van der Waals surface area contributed by atoms with E-state index in [4.69, 9.17) is 0 Å². The van der Waals surface area contributed by atoms with Crippen LogP contribution in [0.5, 0.6) is 0 Å². The smallest absolute Gasteiger partial charge is 0.267 e. The summed E-state index contributed by atoms with van der Waals surface area (Å²) in [6.45, 7) is 2.07. The minimum absolute atomic E-state index is 0.0899. The fourth-order valence-corrected chi connectivity index (χ4v) is 1.52. The molecule has 0 atom stereocenters. The molecule has 6 nitrogen and oxygen atoms in total. The van der Waals surface area contributed by atoms with E-state index in [9.17, 15) is 4.79 Å². The molecular formula is C8H7IN4O2. The fourth-order valence-electron chi connectivity index (χ4n) is 1.07. The van der Waals surface area contributed by atoms with E-state index in [-0.39, 0.29) is 12.1 Å². The maximum absolute atomic E-state index is 11.7. The Morgan fingerprint density at radius 1 is 1.53 bits per heavy atom. The van der Waals surface area contributed by atoms with E-state index in [1.807, 2.05) is 22.6 Å². The molecule has 0 amide bonds. The maximum Gasteiger partial charge on any atom is 0.267 e. The number of hydrogen-bond donors (Lipinski definition) is 0. The summed E-state index contributed by atoms with van der Waals surface area (Å²) in [5.41, 5.74) is 0.637. The van der Waals surface area contributed by atoms with Gasteiger partial charge in [-0.15, -0.1) is 0 Å². The largest absolute Gasteiger partial charge is 0.343 e. The Balaban J connectivity index is 2.38. The molecule has 0 spiro atoms. The van der Waals surface area contributed by atoms with Gasteiger partial charge in [-0.25, -0.2) is 4.98 Å². The molecule has 2 aromatic heterocycles. The zero-order chi connectivity index (χ0) is 10.8. The number of aryl methyl sites for hydroxylation is 1. The second kappa shape index (κ2) is 4.09. The monoisotopic (exact) mass is 318 g/mol. The van der Waals surface area contributed by atoms with Crippen molar-refractivity contribution < 1.29 is 4.52 Å². The van der Waals surface area contributed by atoms with Crippen molar-refractivity contribution >= 4 is 22.6 Å². The first-order valence-corrected chi connectivity index (χ1v) is 5.23. The van der Waals surface area contributed by atoms with Crippen LogP contribution in [0.4, 0.5) is 0 Å². The Labute approximate surface area is 98.5 Å². The molecule has 7 heteroatoms. The molecule has 0 aliphatic heterocycles. The lowest BCUT2D eigenvalue weighted by Crippen LogP contribution is -2.24. The van der Waals surface area contributed by atoms with Gasteiger partial charge in [0.2, 0.25) is 6.39 Å². The van der Waals surface area contributed by atoms with Crippen molar-refractivity contribution in [1.29, 1.82) is 0 Å². The summed E-state index contributed by atoms with van der Waals surface area (Å²) < 4.78 is 6.64. The predicted molar refractivity (Wildman–Crippen MR) is 59.4 cm³/mol. The molecule has 0 aliphatic rings. The lowest BCUT2D eigenvalue weighted by molar-refractivity contribution is 0.407. The molecule has 0 fully saturated rings. The van der Waals surface area contributed by atoms with Crippen molar-refractivity contribution in [2.75, 3.05) is 0 Å². The normalized spacial score (nSPS) is 10.5. The van der Waals surface area contributed by atoms with Gasteiger partial charge in [-0.2, -0.15) is 4.98 Å². The van der Waals surface area contributed by atoms with Gasteiger partial charge in [0.05, 0.1) is 22.1 Å². The van der Waals surface area contributed by atoms with E-state index >= 15 is 0 Å². The van der Waals surface area contributed by atoms with Gasteiger partial charge < -0.3 is 4.52 Å². The zero-order valence-electron chi connectivity index (χ0n) is 7.85. The van der Waals surface area contributed by atoms with E-state index in [2.05, 4.69) is 19.6 Å². The molecule has 0 N–H and O–H groups in total. The molecule has 0 radical (unpaired) electrons. The van der Waals surface area contributed by atoms with Crippen molar-refractivity contribution in [3.05, 3.63) is 38.2 Å². The van der Waals surface area contributed by atoms with E-state index in [0.29, 0.717) is 9.39 Å². The van der Waals surface area contributed by atoms with Crippen molar-refractivity contribution in [3.63, 3.8) is 0 Å². The van der Waals surface area contributed by atoms with Gasteiger partial charge in [0, 0.05) is 0 Å². The summed E-state index contributed by atoms with van der Waals surface area (Å²) in [6.07, 6.45) is 2.71. The lowest BCUT2D eigenvalue weighted by atomic mass is 10.4. The van der Waals surface area contributed by atoms with Gasteiger partial charge in [-0.05, 0) is 29.5 Å². The molecule has 2 aromatic rings. The van der Waals surface area contributed by atoms with Gasteiger partial charge >= 0.3 is 0 Å². The van der Waals surface area contributed by atoms with E-state index < -0.39 is 0 Å². The minimum Gasteiger partial charge on any atom is -0.343 e. The highest BCUT2D eigenvalue weighted by molar-refractivity contribution is 14.1. The van der Waals surface area contributed by atoms with Crippen LogP contribution in [-0.2, 0) is 6.54 Å². The van der Waals surface area contributed by atoms with Crippen LogP contribution in [0, 0.1) is 10.5 Å². The fraction of sp³-hybridized carbons (Fsp3) is 0.250. The first kappa shape index (κ1) is 10.3. The summed E-state index contributed by atoms with van der Waals surface area (Å²) in [5, 5.41) is 3.63. The molecule has 2 heterocycles. The molecule has 0 saturated carbocycles. The van der Waals surface area contributed by atoms with Crippen LogP contribution in [0.3, 0.4) is 0 Å². The molecule has 0 bridgehead atoms. The number of aromatic nitrogens is 4. The van der Waals surface area contributed by atoms with Crippen molar-refractivity contribution in [1.82, 2.24) is 19.7 Å². The molecule has 0 aliphatic carbocycles. The Morgan fingerprint density at radius 2 is 2.33 bits per heavy atom. The van der Waals surface area contributed by atoms with E-state index in [1.54, 1.807) is 6.92 Å². The van der Waals surface area contributed by atoms with Gasteiger partial charge in [0.1, 0.15) is 0 Å². The van der Waals surface area contributed by atoms with Crippen LogP contribution in [0.1, 0.15) is 11.5 Å². The van der Waals surface area contributed by atoms with E-state index in [0.717, 1.165) is 5.69 Å². The average Bonchev–Trinajstić information content (AvgIpc) is 2.72. The van der Waals surface area contributed by atoms with Crippen molar-refractivity contribution in [3.8, 4) is 0 Å². The Hall–Kier alpha value is -1.25. The van der Waals surface area contributed by atoms with Gasteiger partial charge in [0.15, 0.2) is 5.82 Å². The molecule has 0 aromatic carbocycles. The highest BCUT2D eigenvalue weighted by Crippen LogP contribution is 2.02. The summed E-state index contributed by atoms with van der Waals surface area (Å²) in [4.78, 5) is 19.7. The van der Waals surface area contributed by atoms with Crippen LogP contribution in [-0.4, -0.2) is 19.7 Å². The SMILES string of the molecule is Cc1ncn(Cc2ncon2)c(=O)c1I. The van der Waals surface area contributed by atoms with Crippen LogP contribution in [0.15, 0.2) is 22.0 Å². The number of nitrogens with zero attached hydrogens (tertiary/aromatic N) is 4. The third kappa shape index (κ3) is 2.06. The lowest BCUT2D eigenvalue weighted by Gasteiger charge is -2.03.